The molecule has 1 aliphatic rings. The van der Waals surface area contributed by atoms with E-state index in [1.165, 1.54) is 11.1 Å². The molecule has 27 heavy (non-hydrogen) atoms. The Morgan fingerprint density at radius 1 is 1.00 bits per heavy atom. The molecule has 0 radical (unpaired) electrons. The number of hydrogen-bond donors (Lipinski definition) is 0. The molecule has 0 N–H and O–H groups in total. The predicted molar refractivity (Wildman–Crippen MR) is 111 cm³/mol. The number of carbonyl (C=O) groups is 1. The summed E-state index contributed by atoms with van der Waals surface area (Å²) in [6.45, 7) is 11.3. The van der Waals surface area contributed by atoms with E-state index in [-0.39, 0.29) is 12.5 Å². The molecule has 1 aliphatic heterocycles. The first-order valence-corrected chi connectivity index (χ1v) is 9.72. The van der Waals surface area contributed by atoms with Crippen molar-refractivity contribution in [1.82, 2.24) is 4.90 Å². The standard InChI is InChI=1S/C22H27ClN2O2/c1-15-11-17(3)18(4)21(12-15)27-14-22(26)25-9-7-24(8-10-25)20-13-19(23)6-5-16(20)2/h5-6,11-13H,7-10,14H2,1-4H3. The molecule has 0 aliphatic carbocycles. The van der Waals surface area contributed by atoms with Crippen molar-refractivity contribution in [3.63, 3.8) is 0 Å². The van der Waals surface area contributed by atoms with Crippen LogP contribution < -0.4 is 9.64 Å². The largest absolute Gasteiger partial charge is 0.483 e. The van der Waals surface area contributed by atoms with E-state index in [0.717, 1.165) is 40.7 Å². The first-order chi connectivity index (χ1) is 12.8. The zero-order valence-electron chi connectivity index (χ0n) is 16.5. The summed E-state index contributed by atoms with van der Waals surface area (Å²) in [6.07, 6.45) is 0. The highest BCUT2D eigenvalue weighted by molar-refractivity contribution is 6.30. The fraction of sp³-hybridized carbons (Fsp3) is 0.409. The Labute approximate surface area is 166 Å². The Balaban J connectivity index is 1.57. The lowest BCUT2D eigenvalue weighted by Crippen LogP contribution is -2.50. The molecular weight excluding hydrogens is 360 g/mol. The van der Waals surface area contributed by atoms with E-state index >= 15 is 0 Å². The van der Waals surface area contributed by atoms with Gasteiger partial charge in [0.15, 0.2) is 6.61 Å². The minimum Gasteiger partial charge on any atom is -0.483 e. The lowest BCUT2D eigenvalue weighted by molar-refractivity contribution is -0.133. The first-order valence-electron chi connectivity index (χ1n) is 9.34. The van der Waals surface area contributed by atoms with Crippen LogP contribution in [0, 0.1) is 27.7 Å². The normalized spacial score (nSPS) is 14.4. The summed E-state index contributed by atoms with van der Waals surface area (Å²) in [6, 6.07) is 10.1. The molecule has 1 fully saturated rings. The second-order valence-electron chi connectivity index (χ2n) is 7.29. The zero-order chi connectivity index (χ0) is 19.6. The highest BCUT2D eigenvalue weighted by atomic mass is 35.5. The number of halogens is 1. The van der Waals surface area contributed by atoms with E-state index in [2.05, 4.69) is 24.8 Å². The van der Waals surface area contributed by atoms with Gasteiger partial charge in [-0.25, -0.2) is 0 Å². The maximum absolute atomic E-state index is 12.6. The molecule has 0 spiro atoms. The third kappa shape index (κ3) is 4.56. The van der Waals surface area contributed by atoms with Gasteiger partial charge in [-0.05, 0) is 68.1 Å². The third-order valence-corrected chi connectivity index (χ3v) is 5.49. The maximum Gasteiger partial charge on any atom is 0.260 e. The number of amides is 1. The second-order valence-corrected chi connectivity index (χ2v) is 7.73. The van der Waals surface area contributed by atoms with Crippen LogP contribution in [0.5, 0.6) is 5.75 Å². The number of benzene rings is 2. The molecule has 0 aromatic heterocycles. The van der Waals surface area contributed by atoms with Crippen molar-refractivity contribution in [2.75, 3.05) is 37.7 Å². The van der Waals surface area contributed by atoms with E-state index in [0.29, 0.717) is 13.1 Å². The van der Waals surface area contributed by atoms with Crippen LogP contribution in [0.1, 0.15) is 22.3 Å². The van der Waals surface area contributed by atoms with Gasteiger partial charge in [0.05, 0.1) is 0 Å². The quantitative estimate of drug-likeness (QED) is 0.785. The molecule has 0 unspecified atom stereocenters. The van der Waals surface area contributed by atoms with Gasteiger partial charge in [-0.15, -0.1) is 0 Å². The molecular formula is C22H27ClN2O2. The van der Waals surface area contributed by atoms with Crippen LogP contribution in [-0.2, 0) is 4.79 Å². The first kappa shape index (κ1) is 19.6. The van der Waals surface area contributed by atoms with Crippen LogP contribution in [0.15, 0.2) is 30.3 Å². The van der Waals surface area contributed by atoms with Crippen molar-refractivity contribution in [3.8, 4) is 5.75 Å². The molecule has 0 atom stereocenters. The molecule has 144 valence electrons. The Morgan fingerprint density at radius 2 is 1.70 bits per heavy atom. The van der Waals surface area contributed by atoms with Gasteiger partial charge >= 0.3 is 0 Å². The van der Waals surface area contributed by atoms with E-state index in [1.807, 2.05) is 43.0 Å². The monoisotopic (exact) mass is 386 g/mol. The molecule has 1 heterocycles. The molecule has 0 saturated carbocycles. The lowest BCUT2D eigenvalue weighted by Gasteiger charge is -2.36. The summed E-state index contributed by atoms with van der Waals surface area (Å²) in [4.78, 5) is 16.8. The third-order valence-electron chi connectivity index (χ3n) is 5.26. The minimum atomic E-state index is 0.0380. The van der Waals surface area contributed by atoms with Gasteiger partial charge in [-0.1, -0.05) is 23.7 Å². The molecule has 2 aromatic carbocycles. The fourth-order valence-electron chi connectivity index (χ4n) is 3.50. The lowest BCUT2D eigenvalue weighted by atomic mass is 10.1. The molecule has 4 nitrogen and oxygen atoms in total. The van der Waals surface area contributed by atoms with Gasteiger partial charge in [0, 0.05) is 36.9 Å². The molecule has 1 amide bonds. The Morgan fingerprint density at radius 3 is 2.41 bits per heavy atom. The number of rotatable bonds is 4. The second kappa shape index (κ2) is 8.22. The summed E-state index contributed by atoms with van der Waals surface area (Å²) in [5.41, 5.74) is 5.77. The van der Waals surface area contributed by atoms with Crippen molar-refractivity contribution in [2.24, 2.45) is 0 Å². The number of piperazine rings is 1. The van der Waals surface area contributed by atoms with Crippen molar-refractivity contribution < 1.29 is 9.53 Å². The van der Waals surface area contributed by atoms with Gasteiger partial charge in [-0.3, -0.25) is 4.79 Å². The predicted octanol–water partition coefficient (Wildman–Crippen LogP) is 4.30. The van der Waals surface area contributed by atoms with E-state index < -0.39 is 0 Å². The minimum absolute atomic E-state index is 0.0380. The Kier molecular flexibility index (Phi) is 5.95. The highest BCUT2D eigenvalue weighted by Gasteiger charge is 2.22. The average molecular weight is 387 g/mol. The summed E-state index contributed by atoms with van der Waals surface area (Å²) >= 11 is 6.14. The van der Waals surface area contributed by atoms with Crippen molar-refractivity contribution in [1.29, 1.82) is 0 Å². The maximum atomic E-state index is 12.6. The van der Waals surface area contributed by atoms with Crippen molar-refractivity contribution in [3.05, 3.63) is 57.6 Å². The van der Waals surface area contributed by atoms with Crippen LogP contribution in [0.3, 0.4) is 0 Å². The highest BCUT2D eigenvalue weighted by Crippen LogP contribution is 2.26. The van der Waals surface area contributed by atoms with Crippen LogP contribution >= 0.6 is 11.6 Å². The van der Waals surface area contributed by atoms with Crippen molar-refractivity contribution in [2.45, 2.75) is 27.7 Å². The number of nitrogens with zero attached hydrogens (tertiary/aromatic N) is 2. The summed E-state index contributed by atoms with van der Waals surface area (Å²) in [5, 5.41) is 0.742. The molecule has 5 heteroatoms. The molecule has 1 saturated heterocycles. The zero-order valence-corrected chi connectivity index (χ0v) is 17.3. The summed E-state index contributed by atoms with van der Waals surface area (Å²) in [5.74, 6) is 0.838. The average Bonchev–Trinajstić information content (AvgIpc) is 2.65. The number of ether oxygens (including phenoxy) is 1. The summed E-state index contributed by atoms with van der Waals surface area (Å²) in [7, 11) is 0. The van der Waals surface area contributed by atoms with E-state index in [4.69, 9.17) is 16.3 Å². The topological polar surface area (TPSA) is 32.8 Å². The summed E-state index contributed by atoms with van der Waals surface area (Å²) < 4.78 is 5.84. The van der Waals surface area contributed by atoms with Gasteiger partial charge in [0.1, 0.15) is 5.75 Å². The van der Waals surface area contributed by atoms with Gasteiger partial charge in [0.2, 0.25) is 0 Å². The number of aryl methyl sites for hydroxylation is 3. The van der Waals surface area contributed by atoms with Gasteiger partial charge in [0.25, 0.3) is 5.91 Å². The molecule has 3 rings (SSSR count). The van der Waals surface area contributed by atoms with Crippen LogP contribution in [0.25, 0.3) is 0 Å². The SMILES string of the molecule is Cc1cc(C)c(C)c(OCC(=O)N2CCN(c3cc(Cl)ccc3C)CC2)c1. The van der Waals surface area contributed by atoms with Crippen LogP contribution in [0.2, 0.25) is 5.02 Å². The molecule has 2 aromatic rings. The van der Waals surface area contributed by atoms with E-state index in [9.17, 15) is 4.79 Å². The Hall–Kier alpha value is -2.20. The van der Waals surface area contributed by atoms with Gasteiger partial charge < -0.3 is 14.5 Å². The smallest absolute Gasteiger partial charge is 0.260 e. The van der Waals surface area contributed by atoms with Crippen LogP contribution in [-0.4, -0.2) is 43.6 Å². The van der Waals surface area contributed by atoms with Crippen LogP contribution in [0.4, 0.5) is 5.69 Å². The number of anilines is 1. The van der Waals surface area contributed by atoms with E-state index in [1.54, 1.807) is 0 Å². The number of hydrogen-bond acceptors (Lipinski definition) is 3. The fourth-order valence-corrected chi connectivity index (χ4v) is 3.67. The Bertz CT molecular complexity index is 842. The number of carbonyl (C=O) groups excluding carboxylic acids is 1. The van der Waals surface area contributed by atoms with Crippen molar-refractivity contribution >= 4 is 23.2 Å². The molecule has 0 bridgehead atoms. The van der Waals surface area contributed by atoms with Gasteiger partial charge in [-0.2, -0.15) is 0 Å².